The second kappa shape index (κ2) is 17.0. The molecule has 1 heterocycles. The van der Waals surface area contributed by atoms with Crippen molar-refractivity contribution in [1.29, 1.82) is 0 Å². The molecule has 0 aliphatic carbocycles. The SMILES string of the molecule is CNc1ccc(C=C2C(=O)OCCOCCOCCOCCOCCOCCOC2=O)cc1. The van der Waals surface area contributed by atoms with E-state index in [2.05, 4.69) is 5.32 Å². The predicted octanol–water partition coefficient (Wildman–Crippen LogP) is 1.29. The van der Waals surface area contributed by atoms with Gasteiger partial charge in [0, 0.05) is 12.7 Å². The molecule has 0 saturated carbocycles. The van der Waals surface area contributed by atoms with E-state index in [9.17, 15) is 9.59 Å². The zero-order valence-electron chi connectivity index (χ0n) is 19.0. The number of carbonyl (C=O) groups excluding carboxylic acids is 2. The normalized spacial score (nSPS) is 19.4. The summed E-state index contributed by atoms with van der Waals surface area (Å²) in [5.74, 6) is -1.57. The maximum atomic E-state index is 12.6. The van der Waals surface area contributed by atoms with E-state index in [1.807, 2.05) is 12.1 Å². The van der Waals surface area contributed by atoms with Crippen LogP contribution in [0.25, 0.3) is 6.08 Å². The third-order valence-corrected chi connectivity index (χ3v) is 4.36. The van der Waals surface area contributed by atoms with Gasteiger partial charge in [0.05, 0.1) is 66.1 Å². The number of nitrogens with one attached hydrogen (secondary N) is 1. The van der Waals surface area contributed by atoms with E-state index in [0.29, 0.717) is 58.4 Å². The molecule has 184 valence electrons. The summed E-state index contributed by atoms with van der Waals surface area (Å²) in [6.07, 6.45) is 1.44. The third kappa shape index (κ3) is 11.8. The molecule has 0 spiro atoms. The molecule has 1 aliphatic rings. The van der Waals surface area contributed by atoms with Gasteiger partial charge < -0.3 is 38.5 Å². The van der Waals surface area contributed by atoms with Crippen molar-refractivity contribution in [2.75, 3.05) is 91.6 Å². The number of benzene rings is 1. The lowest BCUT2D eigenvalue weighted by Crippen LogP contribution is -2.22. The van der Waals surface area contributed by atoms with Gasteiger partial charge in [-0.15, -0.1) is 0 Å². The van der Waals surface area contributed by atoms with Crippen molar-refractivity contribution in [2.24, 2.45) is 0 Å². The molecule has 1 fully saturated rings. The highest BCUT2D eigenvalue weighted by atomic mass is 16.6. The zero-order valence-corrected chi connectivity index (χ0v) is 19.0. The molecule has 0 radical (unpaired) electrons. The van der Waals surface area contributed by atoms with E-state index in [0.717, 1.165) is 5.69 Å². The van der Waals surface area contributed by atoms with Crippen LogP contribution in [0, 0.1) is 0 Å². The number of anilines is 1. The van der Waals surface area contributed by atoms with Crippen LogP contribution in [0.15, 0.2) is 29.8 Å². The molecule has 1 aromatic carbocycles. The molecular weight excluding hydrogens is 434 g/mol. The lowest BCUT2D eigenvalue weighted by atomic mass is 10.1. The minimum atomic E-state index is -0.786. The van der Waals surface area contributed by atoms with Gasteiger partial charge in [0.2, 0.25) is 0 Å². The molecule has 33 heavy (non-hydrogen) atoms. The van der Waals surface area contributed by atoms with Gasteiger partial charge in [0.1, 0.15) is 18.8 Å². The van der Waals surface area contributed by atoms with Gasteiger partial charge in [-0.05, 0) is 23.8 Å². The number of cyclic esters (lactones) is 2. The first-order valence-electron chi connectivity index (χ1n) is 10.9. The third-order valence-electron chi connectivity index (χ3n) is 4.36. The van der Waals surface area contributed by atoms with Gasteiger partial charge in [-0.3, -0.25) is 0 Å². The minimum Gasteiger partial charge on any atom is -0.459 e. The van der Waals surface area contributed by atoms with Gasteiger partial charge in [0.25, 0.3) is 0 Å². The molecule has 0 amide bonds. The summed E-state index contributed by atoms with van der Waals surface area (Å²) >= 11 is 0. The number of carbonyl (C=O) groups is 2. The summed E-state index contributed by atoms with van der Waals surface area (Å²) < 4.78 is 37.3. The summed E-state index contributed by atoms with van der Waals surface area (Å²) in [6, 6.07) is 7.21. The summed E-state index contributed by atoms with van der Waals surface area (Å²) in [4.78, 5) is 25.1. The van der Waals surface area contributed by atoms with Crippen LogP contribution in [0.5, 0.6) is 0 Å². The van der Waals surface area contributed by atoms with E-state index in [-0.39, 0.29) is 32.0 Å². The van der Waals surface area contributed by atoms with Crippen molar-refractivity contribution in [3.63, 3.8) is 0 Å². The molecule has 1 aliphatic heterocycles. The van der Waals surface area contributed by atoms with Crippen LogP contribution in [-0.4, -0.2) is 98.3 Å². The van der Waals surface area contributed by atoms with Crippen LogP contribution in [0.4, 0.5) is 5.69 Å². The van der Waals surface area contributed by atoms with Gasteiger partial charge in [-0.25, -0.2) is 9.59 Å². The fourth-order valence-electron chi connectivity index (χ4n) is 2.64. The number of hydrogen-bond donors (Lipinski definition) is 1. The largest absolute Gasteiger partial charge is 0.459 e. The highest BCUT2D eigenvalue weighted by molar-refractivity contribution is 6.17. The fraction of sp³-hybridized carbons (Fsp3) is 0.565. The molecule has 1 saturated heterocycles. The van der Waals surface area contributed by atoms with E-state index < -0.39 is 11.9 Å². The highest BCUT2D eigenvalue weighted by Gasteiger charge is 2.21. The minimum absolute atomic E-state index is 0.00559. The Balaban J connectivity index is 1.95. The van der Waals surface area contributed by atoms with Gasteiger partial charge in [-0.1, -0.05) is 12.1 Å². The van der Waals surface area contributed by atoms with Crippen molar-refractivity contribution >= 4 is 23.7 Å². The smallest absolute Gasteiger partial charge is 0.345 e. The second-order valence-corrected chi connectivity index (χ2v) is 6.76. The first-order valence-corrected chi connectivity index (χ1v) is 10.9. The highest BCUT2D eigenvalue weighted by Crippen LogP contribution is 2.14. The van der Waals surface area contributed by atoms with Gasteiger partial charge in [-0.2, -0.15) is 0 Å². The molecule has 0 unspecified atom stereocenters. The Morgan fingerprint density at radius 1 is 0.606 bits per heavy atom. The summed E-state index contributed by atoms with van der Waals surface area (Å²) in [5, 5.41) is 3.01. The van der Waals surface area contributed by atoms with Crippen LogP contribution < -0.4 is 5.32 Å². The topological polar surface area (TPSA) is 111 Å². The summed E-state index contributed by atoms with van der Waals surface area (Å²) in [5.41, 5.74) is 1.35. The molecular formula is C23H33NO9. The van der Waals surface area contributed by atoms with Crippen molar-refractivity contribution < 1.29 is 42.7 Å². The summed E-state index contributed by atoms with van der Waals surface area (Å²) in [7, 11) is 1.80. The Kier molecular flexibility index (Phi) is 13.8. The van der Waals surface area contributed by atoms with Crippen LogP contribution in [-0.2, 0) is 42.7 Å². The maximum Gasteiger partial charge on any atom is 0.345 e. The molecule has 1 N–H and O–H groups in total. The number of hydrogen-bond acceptors (Lipinski definition) is 10. The van der Waals surface area contributed by atoms with Crippen molar-refractivity contribution in [2.45, 2.75) is 0 Å². The molecule has 2 rings (SSSR count). The lowest BCUT2D eigenvalue weighted by Gasteiger charge is -2.11. The quantitative estimate of drug-likeness (QED) is 0.388. The summed E-state index contributed by atoms with van der Waals surface area (Å²) in [6.45, 7) is 3.67. The predicted molar refractivity (Wildman–Crippen MR) is 120 cm³/mol. The zero-order chi connectivity index (χ0) is 23.6. The van der Waals surface area contributed by atoms with Gasteiger partial charge in [0.15, 0.2) is 0 Å². The second-order valence-electron chi connectivity index (χ2n) is 6.76. The molecule has 0 bridgehead atoms. The van der Waals surface area contributed by atoms with E-state index in [1.54, 1.807) is 19.2 Å². The fourth-order valence-corrected chi connectivity index (χ4v) is 2.64. The monoisotopic (exact) mass is 467 g/mol. The van der Waals surface area contributed by atoms with Crippen molar-refractivity contribution in [3.05, 3.63) is 35.4 Å². The standard InChI is InChI=1S/C23H33NO9/c1-24-20-4-2-19(3-5-20)18-21-22(25)32-16-14-30-12-10-28-8-6-27-7-9-29-11-13-31-15-17-33-23(21)26/h2-5,18,24H,6-17H2,1H3. The Morgan fingerprint density at radius 3 is 1.33 bits per heavy atom. The maximum absolute atomic E-state index is 12.6. The number of ether oxygens (including phenoxy) is 7. The lowest BCUT2D eigenvalue weighted by molar-refractivity contribution is -0.148. The number of rotatable bonds is 2. The molecule has 0 aromatic heterocycles. The average Bonchev–Trinajstić information content (AvgIpc) is 2.83. The van der Waals surface area contributed by atoms with E-state index >= 15 is 0 Å². The van der Waals surface area contributed by atoms with Crippen molar-refractivity contribution in [1.82, 2.24) is 0 Å². The Bertz CT molecular complexity index is 687. The molecule has 0 atom stereocenters. The van der Waals surface area contributed by atoms with E-state index in [4.69, 9.17) is 33.2 Å². The van der Waals surface area contributed by atoms with Crippen LogP contribution in [0.1, 0.15) is 5.56 Å². The van der Waals surface area contributed by atoms with Crippen molar-refractivity contribution in [3.8, 4) is 0 Å². The van der Waals surface area contributed by atoms with Gasteiger partial charge >= 0.3 is 11.9 Å². The van der Waals surface area contributed by atoms with Crippen LogP contribution >= 0.6 is 0 Å². The Hall–Kier alpha value is -2.50. The molecule has 1 aromatic rings. The first kappa shape index (κ1) is 26.7. The van der Waals surface area contributed by atoms with Crippen LogP contribution in [0.2, 0.25) is 0 Å². The molecule has 10 heteroatoms. The Morgan fingerprint density at radius 2 is 0.970 bits per heavy atom. The Labute approximate surface area is 194 Å². The van der Waals surface area contributed by atoms with Crippen LogP contribution in [0.3, 0.4) is 0 Å². The number of esters is 2. The molecule has 10 nitrogen and oxygen atoms in total. The first-order chi connectivity index (χ1) is 16.2. The van der Waals surface area contributed by atoms with E-state index in [1.165, 1.54) is 6.08 Å². The average molecular weight is 468 g/mol.